The van der Waals surface area contributed by atoms with Gasteiger partial charge in [0.05, 0.1) is 12.3 Å². The van der Waals surface area contributed by atoms with E-state index in [0.29, 0.717) is 5.06 Å². The summed E-state index contributed by atoms with van der Waals surface area (Å²) in [5.74, 6) is -0.794. The van der Waals surface area contributed by atoms with Crippen molar-refractivity contribution < 1.29 is 41.7 Å². The molecule has 2 saturated heterocycles. The number of nitrogens with zero attached hydrogens (tertiary/aromatic N) is 3. The Labute approximate surface area is 148 Å². The summed E-state index contributed by atoms with van der Waals surface area (Å²) in [5.41, 5.74) is 5.47. The molecular weight excluding hydrogens is 377 g/mol. The Hall–Kier alpha value is -1.98. The van der Waals surface area contributed by atoms with Gasteiger partial charge in [0.15, 0.2) is 0 Å². The van der Waals surface area contributed by atoms with Crippen LogP contribution in [-0.4, -0.2) is 84.4 Å². The molecule has 146 valence electrons. The summed E-state index contributed by atoms with van der Waals surface area (Å²) in [7, 11) is -5.71. The Bertz CT molecular complexity index is 686. The van der Waals surface area contributed by atoms with Gasteiger partial charge in [-0.15, -0.1) is 0 Å². The normalized spacial score (nSPS) is 24.3. The highest BCUT2D eigenvalue weighted by Gasteiger charge is 2.52. The molecule has 16 heteroatoms. The molecule has 0 aliphatic carbocycles. The van der Waals surface area contributed by atoms with Gasteiger partial charge < -0.3 is 25.7 Å². The number of hydroxylamine groups is 2. The molecule has 2 rings (SSSR count). The van der Waals surface area contributed by atoms with Gasteiger partial charge in [0.1, 0.15) is 18.7 Å². The van der Waals surface area contributed by atoms with Crippen LogP contribution in [0.5, 0.6) is 0 Å². The van der Waals surface area contributed by atoms with E-state index in [1.54, 1.807) is 0 Å². The van der Waals surface area contributed by atoms with Crippen LogP contribution in [0.15, 0.2) is 5.16 Å². The van der Waals surface area contributed by atoms with Crippen molar-refractivity contribution in [3.05, 3.63) is 0 Å². The number of carbonyl (C=O) groups is 2. The van der Waals surface area contributed by atoms with Crippen LogP contribution in [0.3, 0.4) is 0 Å². The first-order valence-electron chi connectivity index (χ1n) is 7.43. The van der Waals surface area contributed by atoms with E-state index in [9.17, 15) is 18.0 Å². The number of nitrogens with one attached hydrogen (secondary N) is 1. The van der Waals surface area contributed by atoms with E-state index in [-0.39, 0.29) is 31.8 Å². The van der Waals surface area contributed by atoms with E-state index in [0.717, 1.165) is 4.90 Å². The predicted octanol–water partition coefficient (Wildman–Crippen LogP) is -2.91. The van der Waals surface area contributed by atoms with Gasteiger partial charge in [-0.05, 0) is 6.82 Å². The average molecular weight is 395 g/mol. The molecule has 2 aliphatic heterocycles. The Kier molecular flexibility index (Phi) is 6.37. The maximum absolute atomic E-state index is 12.2. The van der Waals surface area contributed by atoms with Gasteiger partial charge in [-0.1, -0.05) is 14.5 Å². The predicted molar refractivity (Wildman–Crippen MR) is 84.3 cm³/mol. The summed E-state index contributed by atoms with van der Waals surface area (Å²) in [4.78, 5) is 34.3. The van der Waals surface area contributed by atoms with Gasteiger partial charge in [0.2, 0.25) is 5.91 Å². The number of fused-ring (bicyclic) bond motifs is 2. The highest BCUT2D eigenvalue weighted by Crippen LogP contribution is 2.29. The molecule has 0 spiro atoms. The van der Waals surface area contributed by atoms with Gasteiger partial charge in [-0.2, -0.15) is 13.5 Å². The zero-order valence-electron chi connectivity index (χ0n) is 13.6. The van der Waals surface area contributed by atoms with Gasteiger partial charge in [-0.25, -0.2) is 4.79 Å². The van der Waals surface area contributed by atoms with Crippen molar-refractivity contribution >= 4 is 35.1 Å². The van der Waals surface area contributed by atoms with Crippen molar-refractivity contribution in [3.8, 4) is 0 Å². The fourth-order valence-electron chi connectivity index (χ4n) is 2.49. The van der Waals surface area contributed by atoms with E-state index >= 15 is 0 Å². The second-order valence-electron chi connectivity index (χ2n) is 5.52. The minimum atomic E-state index is -4.97. The first-order valence-corrected chi connectivity index (χ1v) is 8.79. The molecule has 2 fully saturated rings. The van der Waals surface area contributed by atoms with Crippen LogP contribution in [0.4, 0.5) is 4.79 Å². The van der Waals surface area contributed by atoms with Crippen molar-refractivity contribution in [3.63, 3.8) is 0 Å². The van der Waals surface area contributed by atoms with Crippen LogP contribution in [-0.2, 0) is 29.4 Å². The highest BCUT2D eigenvalue weighted by atomic mass is 32.3. The summed E-state index contributed by atoms with van der Waals surface area (Å²) in [5, 5.41) is 16.1. The van der Waals surface area contributed by atoms with Crippen molar-refractivity contribution in [2.75, 3.05) is 19.7 Å². The molecule has 3 amide bonds. The molecule has 0 saturated carbocycles. The van der Waals surface area contributed by atoms with Gasteiger partial charge in [-0.3, -0.25) is 9.35 Å². The van der Waals surface area contributed by atoms with Gasteiger partial charge >= 0.3 is 23.5 Å². The van der Waals surface area contributed by atoms with Crippen LogP contribution in [0.2, 0.25) is 6.82 Å². The van der Waals surface area contributed by atoms with Crippen molar-refractivity contribution in [2.24, 2.45) is 10.9 Å². The molecule has 2 aliphatic rings. The van der Waals surface area contributed by atoms with E-state index in [2.05, 4.69) is 19.7 Å². The monoisotopic (exact) mass is 395 g/mol. The second-order valence-corrected chi connectivity index (χ2v) is 6.51. The minimum absolute atomic E-state index is 0.0543. The number of oxime groups is 1. The molecule has 0 unspecified atom stereocenters. The molecule has 2 bridgehead atoms. The Morgan fingerprint density at radius 2 is 2.23 bits per heavy atom. The van der Waals surface area contributed by atoms with Crippen LogP contribution in [0, 0.1) is 0 Å². The number of amides is 3. The topological polar surface area (TPSA) is 193 Å². The third kappa shape index (κ3) is 5.02. The molecule has 14 nitrogen and oxygen atoms in total. The highest BCUT2D eigenvalue weighted by molar-refractivity contribution is 7.80. The van der Waals surface area contributed by atoms with Crippen LogP contribution >= 0.6 is 0 Å². The second kappa shape index (κ2) is 8.15. The quantitative estimate of drug-likeness (QED) is 0.103. The van der Waals surface area contributed by atoms with Crippen molar-refractivity contribution in [1.82, 2.24) is 15.2 Å². The molecule has 2 heterocycles. The third-order valence-corrected chi connectivity index (χ3v) is 3.82. The molecule has 0 aromatic rings. The first kappa shape index (κ1) is 20.3. The summed E-state index contributed by atoms with van der Waals surface area (Å²) in [6.07, 6.45) is -0.0543. The zero-order valence-corrected chi connectivity index (χ0v) is 14.5. The lowest BCUT2D eigenvalue weighted by molar-refractivity contribution is -0.344. The zero-order chi connectivity index (χ0) is 19.5. The van der Waals surface area contributed by atoms with E-state index in [1.807, 2.05) is 0 Å². The number of carbonyl (C=O) groups excluding carboxylic acids is 2. The smallest absolute Gasteiger partial charge is 0.425 e. The Morgan fingerprint density at radius 1 is 1.54 bits per heavy atom. The third-order valence-electron chi connectivity index (χ3n) is 3.59. The summed E-state index contributed by atoms with van der Waals surface area (Å²) < 4.78 is 33.6. The van der Waals surface area contributed by atoms with E-state index in [4.69, 9.17) is 20.1 Å². The maximum atomic E-state index is 12.2. The molecule has 0 radical (unpaired) electrons. The van der Waals surface area contributed by atoms with Gasteiger partial charge in [0, 0.05) is 13.0 Å². The molecular formula is C10H18BN5O9S. The fourth-order valence-corrected chi connectivity index (χ4v) is 2.64. The number of urea groups is 1. The average Bonchev–Trinajstić information content (AvgIpc) is 2.79. The number of primary amides is 1. The van der Waals surface area contributed by atoms with Crippen molar-refractivity contribution in [2.45, 2.75) is 25.3 Å². The summed E-state index contributed by atoms with van der Waals surface area (Å²) in [6.45, 7) is 1.79. The fraction of sp³-hybridized carbons (Fsp3) is 0.700. The van der Waals surface area contributed by atoms with Crippen molar-refractivity contribution in [1.29, 1.82) is 0 Å². The van der Waals surface area contributed by atoms with E-state index in [1.165, 1.54) is 6.82 Å². The molecule has 2 atom stereocenters. The standard InChI is InChI=1S/C10H18BN5O9S/c1-11(19)13-2-3-23-14-6-4-7(9(12)17)15-5-8(6)16(10(15)18)24-25-26(20,21)22/h7-8,13,19H,2-5H2,1H3,(H2,12,17)(H,20,21,22)/t7-,8-/m0/s1. The van der Waals surface area contributed by atoms with E-state index < -0.39 is 41.5 Å². The number of rotatable bonds is 9. The molecule has 26 heavy (non-hydrogen) atoms. The molecule has 0 aromatic carbocycles. The molecule has 0 aromatic heterocycles. The van der Waals surface area contributed by atoms with Crippen LogP contribution < -0.4 is 11.0 Å². The Balaban J connectivity index is 2.11. The number of hydrogen-bond donors (Lipinski definition) is 4. The van der Waals surface area contributed by atoms with Gasteiger partial charge in [0.25, 0.3) is 0 Å². The molecule has 5 N–H and O–H groups in total. The first-order chi connectivity index (χ1) is 12.1. The van der Waals surface area contributed by atoms with Crippen LogP contribution in [0.25, 0.3) is 0 Å². The SMILES string of the molecule is CB(O)NCCON=C1C[C@@H](C(N)=O)N2C[C@@H]1N(OOS(=O)(=O)O)C2=O. The largest absolute Gasteiger partial charge is 0.437 e. The Morgan fingerprint density at radius 3 is 2.81 bits per heavy atom. The number of piperidine rings is 1. The lowest BCUT2D eigenvalue weighted by Crippen LogP contribution is -2.51. The number of nitrogens with two attached hydrogens (primary N) is 1. The summed E-state index contributed by atoms with van der Waals surface area (Å²) >= 11 is 0. The lowest BCUT2D eigenvalue weighted by Gasteiger charge is -2.28. The summed E-state index contributed by atoms with van der Waals surface area (Å²) in [6, 6.07) is -2.83. The number of hydrogen-bond acceptors (Lipinski definition) is 10. The lowest BCUT2D eigenvalue weighted by atomic mass is 9.89. The van der Waals surface area contributed by atoms with Crippen LogP contribution in [0.1, 0.15) is 6.42 Å². The maximum Gasteiger partial charge on any atom is 0.425 e. The minimum Gasteiger partial charge on any atom is -0.437 e.